The van der Waals surface area contributed by atoms with E-state index in [2.05, 4.69) is 17.0 Å². The second kappa shape index (κ2) is 4.42. The number of carbonyl (C=O) groups excluding carboxylic acids is 1. The molecule has 12 heavy (non-hydrogen) atoms. The summed E-state index contributed by atoms with van der Waals surface area (Å²) in [7, 11) is 2.97. The van der Waals surface area contributed by atoms with Gasteiger partial charge in [0.15, 0.2) is 0 Å². The third kappa shape index (κ3) is 2.19. The maximum Gasteiger partial charge on any atom is 0.251 e. The molecule has 0 radical (unpaired) electrons. The van der Waals surface area contributed by atoms with Crippen LogP contribution in [-0.2, 0) is 0 Å². The minimum atomic E-state index is -0.0642. The van der Waals surface area contributed by atoms with E-state index in [4.69, 9.17) is 0 Å². The van der Waals surface area contributed by atoms with Crippen molar-refractivity contribution in [3.63, 3.8) is 0 Å². The van der Waals surface area contributed by atoms with Crippen LogP contribution >= 0.6 is 22.5 Å². The highest BCUT2D eigenvalue weighted by molar-refractivity contribution is 8.68. The van der Waals surface area contributed by atoms with Crippen molar-refractivity contribution in [2.75, 3.05) is 7.05 Å². The molecule has 1 aromatic carbocycles. The van der Waals surface area contributed by atoms with Crippen molar-refractivity contribution < 1.29 is 4.79 Å². The zero-order valence-electron chi connectivity index (χ0n) is 6.57. The lowest BCUT2D eigenvalue weighted by Crippen LogP contribution is -2.17. The quantitative estimate of drug-likeness (QED) is 0.563. The van der Waals surface area contributed by atoms with Gasteiger partial charge in [-0.1, -0.05) is 10.8 Å². The molecule has 4 heteroatoms. The molecule has 0 fully saturated rings. The van der Waals surface area contributed by atoms with E-state index >= 15 is 0 Å². The molecular formula is C8H9NOS2. The summed E-state index contributed by atoms with van der Waals surface area (Å²) in [6.07, 6.45) is 0. The number of hydrogen-bond acceptors (Lipinski definition) is 3. The molecule has 0 aliphatic heterocycles. The molecule has 0 aliphatic carbocycles. The summed E-state index contributed by atoms with van der Waals surface area (Å²) in [5.74, 6) is -0.0642. The van der Waals surface area contributed by atoms with Gasteiger partial charge in [0.2, 0.25) is 0 Å². The summed E-state index contributed by atoms with van der Waals surface area (Å²) in [4.78, 5) is 12.1. The van der Waals surface area contributed by atoms with E-state index in [1.165, 1.54) is 10.8 Å². The van der Waals surface area contributed by atoms with Crippen LogP contribution in [-0.4, -0.2) is 13.0 Å². The van der Waals surface area contributed by atoms with Crippen molar-refractivity contribution in [1.82, 2.24) is 5.32 Å². The minimum Gasteiger partial charge on any atom is -0.355 e. The standard InChI is InChI=1S/C8H9NOS2/c1-9-8(10)6-2-4-7(12-11)5-3-6/h2-5,11H,1H3,(H,9,10). The fraction of sp³-hybridized carbons (Fsp3) is 0.125. The third-order valence-electron chi connectivity index (χ3n) is 1.45. The maximum atomic E-state index is 11.1. The molecule has 0 saturated carbocycles. The molecule has 1 amide bonds. The zero-order valence-corrected chi connectivity index (χ0v) is 8.28. The van der Waals surface area contributed by atoms with Gasteiger partial charge in [-0.3, -0.25) is 4.79 Å². The number of thiol groups is 1. The Morgan fingerprint density at radius 3 is 2.42 bits per heavy atom. The fourth-order valence-electron chi connectivity index (χ4n) is 0.812. The lowest BCUT2D eigenvalue weighted by molar-refractivity contribution is 0.0963. The summed E-state index contributed by atoms with van der Waals surface area (Å²) in [6.45, 7) is 0. The Hall–Kier alpha value is -0.610. The molecule has 0 atom stereocenters. The van der Waals surface area contributed by atoms with Crippen molar-refractivity contribution in [3.05, 3.63) is 29.8 Å². The molecule has 2 nitrogen and oxygen atoms in total. The van der Waals surface area contributed by atoms with Gasteiger partial charge >= 0.3 is 0 Å². The molecule has 0 heterocycles. The largest absolute Gasteiger partial charge is 0.355 e. The number of carbonyl (C=O) groups is 1. The van der Waals surface area contributed by atoms with Crippen LogP contribution in [0.15, 0.2) is 29.2 Å². The van der Waals surface area contributed by atoms with Crippen LogP contribution < -0.4 is 5.32 Å². The van der Waals surface area contributed by atoms with E-state index in [0.717, 1.165) is 4.90 Å². The van der Waals surface area contributed by atoms with E-state index in [9.17, 15) is 4.79 Å². The molecule has 64 valence electrons. The Morgan fingerprint density at radius 2 is 2.00 bits per heavy atom. The number of nitrogens with one attached hydrogen (secondary N) is 1. The van der Waals surface area contributed by atoms with Gasteiger partial charge in [-0.2, -0.15) is 0 Å². The topological polar surface area (TPSA) is 29.1 Å². The molecule has 0 saturated heterocycles. The van der Waals surface area contributed by atoms with E-state index < -0.39 is 0 Å². The Labute approximate surface area is 80.6 Å². The van der Waals surface area contributed by atoms with E-state index in [1.807, 2.05) is 12.1 Å². The van der Waals surface area contributed by atoms with Crippen LogP contribution in [0.3, 0.4) is 0 Å². The van der Waals surface area contributed by atoms with E-state index in [-0.39, 0.29) is 5.91 Å². The van der Waals surface area contributed by atoms with Crippen molar-refractivity contribution in [1.29, 1.82) is 0 Å². The lowest BCUT2D eigenvalue weighted by Gasteiger charge is -1.99. The fourth-order valence-corrected chi connectivity index (χ4v) is 1.43. The first-order valence-corrected chi connectivity index (χ1v) is 5.28. The summed E-state index contributed by atoms with van der Waals surface area (Å²) in [6, 6.07) is 7.28. The molecule has 1 rings (SSSR count). The lowest BCUT2D eigenvalue weighted by atomic mass is 10.2. The van der Waals surface area contributed by atoms with E-state index in [0.29, 0.717) is 5.56 Å². The van der Waals surface area contributed by atoms with Gasteiger partial charge < -0.3 is 5.32 Å². The number of benzene rings is 1. The van der Waals surface area contributed by atoms with Crippen LogP contribution in [0.25, 0.3) is 0 Å². The molecule has 1 aromatic rings. The first-order chi connectivity index (χ1) is 5.77. The summed E-state index contributed by atoms with van der Waals surface area (Å²) < 4.78 is 0. The second-order valence-corrected chi connectivity index (χ2v) is 3.40. The Morgan fingerprint density at radius 1 is 1.42 bits per heavy atom. The predicted octanol–water partition coefficient (Wildman–Crippen LogP) is 1.98. The summed E-state index contributed by atoms with van der Waals surface area (Å²) in [5.41, 5.74) is 0.670. The average Bonchev–Trinajstić information content (AvgIpc) is 2.17. The Bertz CT molecular complexity index is 271. The molecule has 1 N–H and O–H groups in total. The van der Waals surface area contributed by atoms with Gasteiger partial charge in [0.05, 0.1) is 0 Å². The Balaban J connectivity index is 2.84. The first-order valence-electron chi connectivity index (χ1n) is 3.41. The average molecular weight is 199 g/mol. The highest BCUT2D eigenvalue weighted by Gasteiger charge is 2.00. The third-order valence-corrected chi connectivity index (χ3v) is 2.56. The Kier molecular flexibility index (Phi) is 3.49. The van der Waals surface area contributed by atoms with Gasteiger partial charge in [0.1, 0.15) is 0 Å². The highest BCUT2D eigenvalue weighted by atomic mass is 33.1. The number of amides is 1. The van der Waals surface area contributed by atoms with Crippen molar-refractivity contribution in [3.8, 4) is 0 Å². The van der Waals surface area contributed by atoms with Crippen molar-refractivity contribution >= 4 is 28.4 Å². The van der Waals surface area contributed by atoms with Gasteiger partial charge in [0, 0.05) is 17.5 Å². The molecule has 0 bridgehead atoms. The molecule has 0 aromatic heterocycles. The summed E-state index contributed by atoms with van der Waals surface area (Å²) >= 11 is 4.04. The van der Waals surface area contributed by atoms with Crippen LogP contribution in [0.5, 0.6) is 0 Å². The van der Waals surface area contributed by atoms with Gasteiger partial charge in [-0.25, -0.2) is 0 Å². The normalized spacial score (nSPS) is 9.50. The van der Waals surface area contributed by atoms with Crippen LogP contribution in [0.1, 0.15) is 10.4 Å². The predicted molar refractivity (Wildman–Crippen MR) is 54.7 cm³/mol. The summed E-state index contributed by atoms with van der Waals surface area (Å²) in [5, 5.41) is 2.55. The first kappa shape index (κ1) is 9.48. The second-order valence-electron chi connectivity index (χ2n) is 2.19. The number of hydrogen-bond donors (Lipinski definition) is 2. The van der Waals surface area contributed by atoms with Gasteiger partial charge in [-0.05, 0) is 24.3 Å². The minimum absolute atomic E-state index is 0.0642. The maximum absolute atomic E-state index is 11.1. The van der Waals surface area contributed by atoms with Crippen LogP contribution in [0.4, 0.5) is 0 Å². The van der Waals surface area contributed by atoms with Gasteiger partial charge in [-0.15, -0.1) is 11.7 Å². The van der Waals surface area contributed by atoms with Crippen LogP contribution in [0.2, 0.25) is 0 Å². The molecule has 0 spiro atoms. The highest BCUT2D eigenvalue weighted by Crippen LogP contribution is 2.20. The monoisotopic (exact) mass is 199 g/mol. The van der Waals surface area contributed by atoms with Crippen molar-refractivity contribution in [2.24, 2.45) is 0 Å². The van der Waals surface area contributed by atoms with Crippen LogP contribution in [0, 0.1) is 0 Å². The molecule has 0 aliphatic rings. The molecular weight excluding hydrogens is 190 g/mol. The number of rotatable bonds is 2. The van der Waals surface area contributed by atoms with E-state index in [1.54, 1.807) is 19.2 Å². The molecule has 0 unspecified atom stereocenters. The van der Waals surface area contributed by atoms with Crippen molar-refractivity contribution in [2.45, 2.75) is 4.90 Å². The SMILES string of the molecule is CNC(=O)c1ccc(SS)cc1. The van der Waals surface area contributed by atoms with Gasteiger partial charge in [0.25, 0.3) is 5.91 Å². The smallest absolute Gasteiger partial charge is 0.251 e. The zero-order chi connectivity index (χ0) is 8.97.